The molecule has 32 heavy (non-hydrogen) atoms. The molecule has 0 spiro atoms. The van der Waals surface area contributed by atoms with Crippen molar-refractivity contribution in [2.45, 2.75) is 64.2 Å². The van der Waals surface area contributed by atoms with Gasteiger partial charge in [0, 0.05) is 35.2 Å². The van der Waals surface area contributed by atoms with Crippen molar-refractivity contribution in [2.24, 2.45) is 0 Å². The van der Waals surface area contributed by atoms with Crippen molar-refractivity contribution < 1.29 is 28.1 Å². The Hall–Kier alpha value is -3.42. The first-order valence-corrected chi connectivity index (χ1v) is 11.0. The first kappa shape index (κ1) is 20.5. The van der Waals surface area contributed by atoms with E-state index in [1.807, 2.05) is 6.07 Å². The highest BCUT2D eigenvalue weighted by molar-refractivity contribution is 6.02. The number of carbonyl (C=O) groups excluding carboxylic acids is 3. The third kappa shape index (κ3) is 3.49. The van der Waals surface area contributed by atoms with Crippen LogP contribution in [-0.2, 0) is 25.6 Å². The van der Waals surface area contributed by atoms with Gasteiger partial charge in [-0.15, -0.1) is 5.06 Å². The van der Waals surface area contributed by atoms with E-state index in [0.29, 0.717) is 33.1 Å². The van der Waals surface area contributed by atoms with Crippen molar-refractivity contribution in [3.63, 3.8) is 0 Å². The first-order chi connectivity index (χ1) is 15.4. The van der Waals surface area contributed by atoms with Gasteiger partial charge in [0.15, 0.2) is 0 Å². The molecule has 8 heteroatoms. The molecule has 0 atom stereocenters. The van der Waals surface area contributed by atoms with Gasteiger partial charge in [-0.2, -0.15) is 0 Å². The zero-order valence-corrected chi connectivity index (χ0v) is 17.8. The highest BCUT2D eigenvalue weighted by Crippen LogP contribution is 2.39. The molecule has 0 radical (unpaired) electrons. The van der Waals surface area contributed by atoms with Crippen molar-refractivity contribution >= 4 is 39.7 Å². The van der Waals surface area contributed by atoms with Crippen LogP contribution in [0.15, 0.2) is 32.0 Å². The average Bonchev–Trinajstić information content (AvgIpc) is 3.34. The van der Waals surface area contributed by atoms with Crippen LogP contribution in [0.3, 0.4) is 0 Å². The number of aryl methyl sites for hydroxylation is 1. The number of hydrogen-bond acceptors (Lipinski definition) is 7. The van der Waals surface area contributed by atoms with E-state index in [2.05, 4.69) is 0 Å². The molecule has 2 aliphatic rings. The smallest absolute Gasteiger partial charge is 0.340 e. The standard InChI is InChI=1S/C24H23NO7/c1-13-15-9-17-18(14-5-3-2-4-6-14)12-30-19(17)11-20(15)31-24(29)16(13)10-23(28)32-25-21(26)7-8-22(25)27/h9,11-12,14H,2-8,10H2,1H3. The molecule has 2 aromatic heterocycles. The maximum absolute atomic E-state index is 12.6. The van der Waals surface area contributed by atoms with Crippen LogP contribution in [0, 0.1) is 6.92 Å². The maximum Gasteiger partial charge on any atom is 0.340 e. The zero-order chi connectivity index (χ0) is 22.4. The van der Waals surface area contributed by atoms with Crippen molar-refractivity contribution in [3.05, 3.63) is 45.5 Å². The van der Waals surface area contributed by atoms with E-state index >= 15 is 0 Å². The van der Waals surface area contributed by atoms with Crippen molar-refractivity contribution in [1.82, 2.24) is 5.06 Å². The molecule has 1 aromatic carbocycles. The number of benzene rings is 1. The van der Waals surface area contributed by atoms with Gasteiger partial charge in [-0.05, 0) is 37.3 Å². The van der Waals surface area contributed by atoms with E-state index in [-0.39, 0.29) is 18.4 Å². The molecule has 3 aromatic rings. The number of hydrogen-bond donors (Lipinski definition) is 0. The van der Waals surface area contributed by atoms with E-state index in [1.54, 1.807) is 19.3 Å². The van der Waals surface area contributed by atoms with E-state index in [9.17, 15) is 19.2 Å². The normalized spacial score (nSPS) is 17.6. The number of fused-ring (bicyclic) bond motifs is 2. The molecule has 0 unspecified atom stereocenters. The highest BCUT2D eigenvalue weighted by atomic mass is 16.7. The van der Waals surface area contributed by atoms with Gasteiger partial charge in [-0.25, -0.2) is 9.59 Å². The minimum absolute atomic E-state index is 0.00722. The second kappa shape index (κ2) is 7.93. The molecular formula is C24H23NO7. The lowest BCUT2D eigenvalue weighted by atomic mass is 9.84. The lowest BCUT2D eigenvalue weighted by Crippen LogP contribution is -2.33. The third-order valence-electron chi connectivity index (χ3n) is 6.58. The van der Waals surface area contributed by atoms with Crippen LogP contribution in [0.1, 0.15) is 67.6 Å². The molecule has 0 bridgehead atoms. The Bertz CT molecular complexity index is 1290. The van der Waals surface area contributed by atoms with Gasteiger partial charge in [0.25, 0.3) is 11.8 Å². The molecule has 1 saturated heterocycles. The molecule has 1 saturated carbocycles. The predicted molar refractivity (Wildman–Crippen MR) is 114 cm³/mol. The summed E-state index contributed by atoms with van der Waals surface area (Å²) in [7, 11) is 0. The summed E-state index contributed by atoms with van der Waals surface area (Å²) in [5.74, 6) is -1.55. The Labute approximate surface area is 183 Å². The number of nitrogens with zero attached hydrogens (tertiary/aromatic N) is 1. The Morgan fingerprint density at radius 3 is 2.47 bits per heavy atom. The van der Waals surface area contributed by atoms with Crippen molar-refractivity contribution in [2.75, 3.05) is 0 Å². The van der Waals surface area contributed by atoms with Crippen LogP contribution >= 0.6 is 0 Å². The second-order valence-corrected chi connectivity index (χ2v) is 8.59. The monoisotopic (exact) mass is 437 g/mol. The minimum atomic E-state index is -0.865. The molecule has 8 nitrogen and oxygen atoms in total. The largest absolute Gasteiger partial charge is 0.464 e. The average molecular weight is 437 g/mol. The first-order valence-electron chi connectivity index (χ1n) is 11.0. The number of rotatable bonds is 4. The fraction of sp³-hybridized carbons (Fsp3) is 0.417. The topological polar surface area (TPSA) is 107 Å². The maximum atomic E-state index is 12.6. The predicted octanol–water partition coefficient (Wildman–Crippen LogP) is 4.05. The van der Waals surface area contributed by atoms with Gasteiger partial charge < -0.3 is 13.7 Å². The molecule has 3 heterocycles. The molecule has 5 rings (SSSR count). The molecule has 2 fully saturated rings. The fourth-order valence-corrected chi connectivity index (χ4v) is 4.80. The van der Waals surface area contributed by atoms with E-state index < -0.39 is 29.8 Å². The summed E-state index contributed by atoms with van der Waals surface area (Å²) in [5, 5.41) is 2.18. The van der Waals surface area contributed by atoms with E-state index in [0.717, 1.165) is 18.2 Å². The number of imide groups is 1. The van der Waals surface area contributed by atoms with Gasteiger partial charge in [0.1, 0.15) is 11.2 Å². The zero-order valence-electron chi connectivity index (χ0n) is 17.8. The Balaban J connectivity index is 1.50. The third-order valence-corrected chi connectivity index (χ3v) is 6.58. The number of amides is 2. The lowest BCUT2D eigenvalue weighted by Gasteiger charge is -2.20. The number of hydroxylamine groups is 2. The van der Waals surface area contributed by atoms with Crippen LogP contribution in [0.4, 0.5) is 0 Å². The van der Waals surface area contributed by atoms with Crippen LogP contribution < -0.4 is 5.63 Å². The fourth-order valence-electron chi connectivity index (χ4n) is 4.80. The van der Waals surface area contributed by atoms with Crippen LogP contribution in [0.5, 0.6) is 0 Å². The summed E-state index contributed by atoms with van der Waals surface area (Å²) >= 11 is 0. The molecule has 0 N–H and O–H groups in total. The van der Waals surface area contributed by atoms with Gasteiger partial charge in [0.2, 0.25) is 0 Å². The van der Waals surface area contributed by atoms with Gasteiger partial charge in [-0.3, -0.25) is 9.59 Å². The van der Waals surface area contributed by atoms with Crippen LogP contribution in [-0.4, -0.2) is 22.8 Å². The summed E-state index contributed by atoms with van der Waals surface area (Å²) in [4.78, 5) is 53.2. The summed E-state index contributed by atoms with van der Waals surface area (Å²) in [5.41, 5.74) is 2.29. The summed E-state index contributed by atoms with van der Waals surface area (Å²) in [6.07, 6.45) is 7.32. The molecule has 166 valence electrons. The van der Waals surface area contributed by atoms with Crippen LogP contribution in [0.2, 0.25) is 0 Å². The molecular weight excluding hydrogens is 414 g/mol. The number of carbonyl (C=O) groups is 3. The lowest BCUT2D eigenvalue weighted by molar-refractivity contribution is -0.197. The quantitative estimate of drug-likeness (QED) is 0.448. The number of furan rings is 1. The minimum Gasteiger partial charge on any atom is -0.464 e. The Morgan fingerprint density at radius 1 is 1.03 bits per heavy atom. The van der Waals surface area contributed by atoms with Gasteiger partial charge in [-0.1, -0.05) is 19.3 Å². The van der Waals surface area contributed by atoms with Gasteiger partial charge in [0.05, 0.1) is 18.2 Å². The summed E-state index contributed by atoms with van der Waals surface area (Å²) < 4.78 is 11.3. The Morgan fingerprint density at radius 2 is 1.75 bits per heavy atom. The molecule has 2 amide bonds. The summed E-state index contributed by atoms with van der Waals surface area (Å²) in [6.45, 7) is 1.75. The van der Waals surface area contributed by atoms with Crippen molar-refractivity contribution in [1.29, 1.82) is 0 Å². The Kier molecular flexibility index (Phi) is 5.07. The highest BCUT2D eigenvalue weighted by Gasteiger charge is 2.33. The second-order valence-electron chi connectivity index (χ2n) is 8.59. The van der Waals surface area contributed by atoms with Crippen LogP contribution in [0.25, 0.3) is 21.9 Å². The molecule has 1 aliphatic carbocycles. The van der Waals surface area contributed by atoms with E-state index in [1.165, 1.54) is 24.8 Å². The SMILES string of the molecule is Cc1c(CC(=O)ON2C(=O)CCC2=O)c(=O)oc2cc3occ(C4CCCCC4)c3cc12. The van der Waals surface area contributed by atoms with Gasteiger partial charge >= 0.3 is 11.6 Å². The molecule has 1 aliphatic heterocycles. The summed E-state index contributed by atoms with van der Waals surface area (Å²) in [6, 6.07) is 3.67. The van der Waals surface area contributed by atoms with E-state index in [4.69, 9.17) is 13.7 Å². The van der Waals surface area contributed by atoms with Crippen molar-refractivity contribution in [3.8, 4) is 0 Å².